The number of alkyl halides is 3. The van der Waals surface area contributed by atoms with Crippen molar-refractivity contribution in [1.82, 2.24) is 9.78 Å². The van der Waals surface area contributed by atoms with E-state index >= 15 is 0 Å². The fraction of sp³-hybridized carbons (Fsp3) is 0.200. The predicted molar refractivity (Wildman–Crippen MR) is 97.2 cm³/mol. The van der Waals surface area contributed by atoms with Crippen LogP contribution in [0.2, 0.25) is 0 Å². The predicted octanol–water partition coefficient (Wildman–Crippen LogP) is 5.08. The van der Waals surface area contributed by atoms with Gasteiger partial charge in [0.05, 0.1) is 0 Å². The molecule has 1 N–H and O–H groups in total. The van der Waals surface area contributed by atoms with E-state index in [2.05, 4.69) is 10.4 Å². The van der Waals surface area contributed by atoms with Gasteiger partial charge in [-0.2, -0.15) is 18.3 Å². The van der Waals surface area contributed by atoms with Crippen LogP contribution in [0, 0.1) is 6.92 Å². The summed E-state index contributed by atoms with van der Waals surface area (Å²) in [6.07, 6.45) is -4.54. The molecule has 140 valence electrons. The van der Waals surface area contributed by atoms with Gasteiger partial charge in [0.25, 0.3) is 0 Å². The number of anilines is 1. The molecule has 4 nitrogen and oxygen atoms in total. The molecule has 1 atom stereocenters. The Morgan fingerprint density at radius 3 is 2.19 bits per heavy atom. The van der Waals surface area contributed by atoms with Crippen LogP contribution in [0.25, 0.3) is 11.1 Å². The summed E-state index contributed by atoms with van der Waals surface area (Å²) in [4.78, 5) is 12.4. The van der Waals surface area contributed by atoms with E-state index in [1.54, 1.807) is 12.1 Å². The maximum Gasteiger partial charge on any atom is 0.435 e. The smallest absolute Gasteiger partial charge is 0.324 e. The zero-order valence-corrected chi connectivity index (χ0v) is 14.8. The monoisotopic (exact) mass is 373 g/mol. The molecule has 0 aliphatic heterocycles. The maximum atomic E-state index is 12.8. The summed E-state index contributed by atoms with van der Waals surface area (Å²) in [5.74, 6) is -0.442. The number of hydrogen-bond donors (Lipinski definition) is 1. The molecule has 7 heteroatoms. The van der Waals surface area contributed by atoms with Gasteiger partial charge in [-0.25, -0.2) is 0 Å². The Bertz CT molecular complexity index is 931. The second-order valence-electron chi connectivity index (χ2n) is 6.22. The summed E-state index contributed by atoms with van der Waals surface area (Å²) in [6.45, 7) is 2.99. The van der Waals surface area contributed by atoms with E-state index in [-0.39, 0.29) is 5.69 Å². The molecule has 27 heavy (non-hydrogen) atoms. The van der Waals surface area contributed by atoms with Gasteiger partial charge in [0.1, 0.15) is 6.04 Å². The Morgan fingerprint density at radius 1 is 1.04 bits per heavy atom. The topological polar surface area (TPSA) is 46.9 Å². The van der Waals surface area contributed by atoms with Gasteiger partial charge in [-0.1, -0.05) is 42.5 Å². The Labute approximate surface area is 154 Å². The Hall–Kier alpha value is -3.09. The van der Waals surface area contributed by atoms with Gasteiger partial charge < -0.3 is 5.32 Å². The van der Waals surface area contributed by atoms with Crippen LogP contribution in [-0.4, -0.2) is 15.7 Å². The van der Waals surface area contributed by atoms with Crippen LogP contribution in [-0.2, 0) is 11.0 Å². The van der Waals surface area contributed by atoms with Crippen LogP contribution in [0.4, 0.5) is 18.9 Å². The molecule has 0 aliphatic rings. The van der Waals surface area contributed by atoms with Gasteiger partial charge in [0.2, 0.25) is 5.91 Å². The highest BCUT2D eigenvalue weighted by Gasteiger charge is 2.35. The molecule has 0 bridgehead atoms. The average Bonchev–Trinajstić information content (AvgIpc) is 3.04. The van der Waals surface area contributed by atoms with E-state index in [0.717, 1.165) is 21.9 Å². The summed E-state index contributed by atoms with van der Waals surface area (Å²) >= 11 is 0. The second kappa shape index (κ2) is 7.26. The highest BCUT2D eigenvalue weighted by molar-refractivity contribution is 5.93. The first-order valence-corrected chi connectivity index (χ1v) is 8.35. The first-order valence-electron chi connectivity index (χ1n) is 8.35. The van der Waals surface area contributed by atoms with Crippen molar-refractivity contribution in [3.05, 3.63) is 72.1 Å². The highest BCUT2D eigenvalue weighted by Crippen LogP contribution is 2.29. The number of rotatable bonds is 4. The summed E-state index contributed by atoms with van der Waals surface area (Å²) < 4.78 is 39.5. The number of carbonyl (C=O) groups excluding carboxylic acids is 1. The normalized spacial score (nSPS) is 12.6. The fourth-order valence-electron chi connectivity index (χ4n) is 2.75. The summed E-state index contributed by atoms with van der Waals surface area (Å²) in [5.41, 5.74) is 1.87. The number of nitrogens with one attached hydrogen (secondary N) is 1. The third kappa shape index (κ3) is 4.19. The van der Waals surface area contributed by atoms with Crippen molar-refractivity contribution >= 4 is 11.6 Å². The lowest BCUT2D eigenvalue weighted by atomic mass is 10.1. The minimum Gasteiger partial charge on any atom is -0.324 e. The number of halogens is 3. The lowest BCUT2D eigenvalue weighted by Gasteiger charge is -2.15. The van der Waals surface area contributed by atoms with Crippen molar-refractivity contribution in [2.45, 2.75) is 26.1 Å². The second-order valence-corrected chi connectivity index (χ2v) is 6.22. The molecular formula is C20H18F3N3O. The maximum absolute atomic E-state index is 12.8. The van der Waals surface area contributed by atoms with Crippen molar-refractivity contribution in [3.63, 3.8) is 0 Å². The van der Waals surface area contributed by atoms with E-state index in [1.807, 2.05) is 42.5 Å². The van der Waals surface area contributed by atoms with Gasteiger partial charge in [0, 0.05) is 11.4 Å². The van der Waals surface area contributed by atoms with Crippen LogP contribution in [0.1, 0.15) is 24.4 Å². The van der Waals surface area contributed by atoms with Crippen molar-refractivity contribution in [2.75, 3.05) is 5.32 Å². The molecule has 1 heterocycles. The van der Waals surface area contributed by atoms with E-state index in [1.165, 1.54) is 13.8 Å². The molecule has 0 saturated carbocycles. The van der Waals surface area contributed by atoms with Crippen LogP contribution in [0.3, 0.4) is 0 Å². The molecular weight excluding hydrogens is 355 g/mol. The number of carbonyl (C=O) groups is 1. The third-order valence-corrected chi connectivity index (χ3v) is 4.22. The number of hydrogen-bond acceptors (Lipinski definition) is 2. The molecule has 0 spiro atoms. The van der Waals surface area contributed by atoms with E-state index in [9.17, 15) is 18.0 Å². The number of nitrogens with zero attached hydrogens (tertiary/aromatic N) is 2. The SMILES string of the molecule is Cc1cc(C(F)(F)F)nn1C(C)C(=O)Nc1ccc(-c2ccccc2)cc1. The van der Waals surface area contributed by atoms with Gasteiger partial charge in [-0.15, -0.1) is 0 Å². The quantitative estimate of drug-likeness (QED) is 0.693. The summed E-state index contributed by atoms with van der Waals surface area (Å²) in [7, 11) is 0. The number of aromatic nitrogens is 2. The van der Waals surface area contributed by atoms with Crippen molar-refractivity contribution < 1.29 is 18.0 Å². The lowest BCUT2D eigenvalue weighted by molar-refractivity contribution is -0.141. The standard InChI is InChI=1S/C20H18F3N3O/c1-13-12-18(20(21,22)23)25-26(13)14(2)19(27)24-17-10-8-16(9-11-17)15-6-4-3-5-7-15/h3-12,14H,1-2H3,(H,24,27). The van der Waals surface area contributed by atoms with Crippen molar-refractivity contribution in [1.29, 1.82) is 0 Å². The molecule has 1 unspecified atom stereocenters. The average molecular weight is 373 g/mol. The number of amides is 1. The number of benzene rings is 2. The molecule has 1 aromatic heterocycles. The molecule has 0 fully saturated rings. The molecule has 0 saturated heterocycles. The lowest BCUT2D eigenvalue weighted by Crippen LogP contribution is -2.25. The van der Waals surface area contributed by atoms with Crippen LogP contribution >= 0.6 is 0 Å². The molecule has 0 radical (unpaired) electrons. The highest BCUT2D eigenvalue weighted by atomic mass is 19.4. The summed E-state index contributed by atoms with van der Waals surface area (Å²) in [6, 6.07) is 17.1. The molecule has 1 amide bonds. The first kappa shape index (κ1) is 18.7. The van der Waals surface area contributed by atoms with E-state index < -0.39 is 23.8 Å². The molecule has 3 aromatic rings. The molecule has 3 rings (SSSR count). The van der Waals surface area contributed by atoms with E-state index in [0.29, 0.717) is 5.69 Å². The van der Waals surface area contributed by atoms with E-state index in [4.69, 9.17) is 0 Å². The number of aryl methyl sites for hydroxylation is 1. The van der Waals surface area contributed by atoms with Gasteiger partial charge in [-0.3, -0.25) is 9.48 Å². The first-order chi connectivity index (χ1) is 12.8. The Morgan fingerprint density at radius 2 is 1.63 bits per heavy atom. The minimum absolute atomic E-state index is 0.268. The largest absolute Gasteiger partial charge is 0.435 e. The third-order valence-electron chi connectivity index (χ3n) is 4.22. The van der Waals surface area contributed by atoms with Gasteiger partial charge in [-0.05, 0) is 43.2 Å². The minimum atomic E-state index is -4.54. The summed E-state index contributed by atoms with van der Waals surface area (Å²) in [5, 5.41) is 6.24. The van der Waals surface area contributed by atoms with Gasteiger partial charge >= 0.3 is 6.18 Å². The van der Waals surface area contributed by atoms with Crippen LogP contribution < -0.4 is 5.32 Å². The Balaban J connectivity index is 1.73. The van der Waals surface area contributed by atoms with Gasteiger partial charge in [0.15, 0.2) is 5.69 Å². The molecule has 2 aromatic carbocycles. The zero-order valence-electron chi connectivity index (χ0n) is 14.8. The van der Waals surface area contributed by atoms with Crippen molar-refractivity contribution in [3.8, 4) is 11.1 Å². The molecule has 0 aliphatic carbocycles. The Kier molecular flexibility index (Phi) is 5.03. The van der Waals surface area contributed by atoms with Crippen molar-refractivity contribution in [2.24, 2.45) is 0 Å². The zero-order chi connectivity index (χ0) is 19.6. The fourth-order valence-corrected chi connectivity index (χ4v) is 2.75. The van der Waals surface area contributed by atoms with Crippen LogP contribution in [0.15, 0.2) is 60.7 Å². The van der Waals surface area contributed by atoms with Crippen LogP contribution in [0.5, 0.6) is 0 Å².